The molecule has 0 aromatic carbocycles. The number of nitrogen functional groups attached to an aromatic ring is 1. The highest BCUT2D eigenvalue weighted by atomic mass is 31.2. The van der Waals surface area contributed by atoms with Crippen LogP contribution in [0.25, 0.3) is 0 Å². The van der Waals surface area contributed by atoms with Gasteiger partial charge < -0.3 is 20.6 Å². The van der Waals surface area contributed by atoms with Crippen molar-refractivity contribution in [2.45, 2.75) is 32.4 Å². The minimum atomic E-state index is -4.60. The fraction of sp³-hybridized carbons (Fsp3) is 0.636. The molecule has 0 aliphatic heterocycles. The Morgan fingerprint density at radius 2 is 2.10 bits per heavy atom. The summed E-state index contributed by atoms with van der Waals surface area (Å²) in [7, 11) is -4.60. The summed E-state index contributed by atoms with van der Waals surface area (Å²) < 4.78 is 16.2. The summed E-state index contributed by atoms with van der Waals surface area (Å²) in [5, 5.41) is 9.80. The van der Waals surface area contributed by atoms with Gasteiger partial charge in [0.2, 0.25) is 0 Å². The third-order valence-electron chi connectivity index (χ3n) is 3.11. The van der Waals surface area contributed by atoms with E-state index in [1.807, 2.05) is 0 Å². The maximum atomic E-state index is 11.7. The highest BCUT2D eigenvalue weighted by molar-refractivity contribution is 7.46. The van der Waals surface area contributed by atoms with Crippen LogP contribution in [0.4, 0.5) is 5.82 Å². The lowest BCUT2D eigenvalue weighted by atomic mass is 9.97. The summed E-state index contributed by atoms with van der Waals surface area (Å²) in [6.07, 6.45) is 0.857. The van der Waals surface area contributed by atoms with Gasteiger partial charge in [-0.3, -0.25) is 9.09 Å². The highest BCUT2D eigenvalue weighted by Gasteiger charge is 2.23. The predicted octanol–water partition coefficient (Wildman–Crippen LogP) is -0.117. The molecule has 0 saturated heterocycles. The Labute approximate surface area is 121 Å². The number of phosphoric acid groups is 1. The van der Waals surface area contributed by atoms with Crippen LogP contribution >= 0.6 is 7.82 Å². The lowest BCUT2D eigenvalue weighted by molar-refractivity contribution is 0.0420. The van der Waals surface area contributed by atoms with Crippen LogP contribution in [0.5, 0.6) is 0 Å². The van der Waals surface area contributed by atoms with Crippen LogP contribution < -0.4 is 11.4 Å². The lowest BCUT2D eigenvalue weighted by Crippen LogP contribution is -2.30. The van der Waals surface area contributed by atoms with Gasteiger partial charge in [0.25, 0.3) is 0 Å². The molecule has 0 spiro atoms. The zero-order valence-electron chi connectivity index (χ0n) is 11.8. The van der Waals surface area contributed by atoms with Crippen molar-refractivity contribution in [3.8, 4) is 0 Å². The van der Waals surface area contributed by atoms with Crippen LogP contribution in [-0.4, -0.2) is 37.2 Å². The molecule has 10 heteroatoms. The molecule has 0 unspecified atom stereocenters. The normalized spacial score (nSPS) is 16.4. The van der Waals surface area contributed by atoms with E-state index in [2.05, 4.69) is 9.51 Å². The van der Waals surface area contributed by atoms with E-state index in [1.165, 1.54) is 16.8 Å². The van der Waals surface area contributed by atoms with Gasteiger partial charge in [0.15, 0.2) is 0 Å². The first kappa shape index (κ1) is 17.8. The molecular weight excluding hydrogens is 301 g/mol. The Balaban J connectivity index is 2.63. The Morgan fingerprint density at radius 1 is 1.48 bits per heavy atom. The smallest absolute Gasteiger partial charge is 0.390 e. The molecule has 1 rings (SSSR count). The molecule has 9 nitrogen and oxygen atoms in total. The number of aliphatic hydroxyl groups is 1. The van der Waals surface area contributed by atoms with E-state index >= 15 is 0 Å². The Bertz CT molecular complexity index is 571. The molecule has 0 amide bonds. The Morgan fingerprint density at radius 3 is 2.62 bits per heavy atom. The van der Waals surface area contributed by atoms with Gasteiger partial charge in [0.1, 0.15) is 5.82 Å². The van der Waals surface area contributed by atoms with Gasteiger partial charge in [0, 0.05) is 12.2 Å². The standard InChI is InChI=1S/C11H20N3O6P/c1-7(9(15)6-20-21(17,18)19)5-8(2)14-4-3-10(12)13-11(14)16/h3-4,7-9,15H,5-6H2,1-2H3,(H2,12,13,16)(H2,17,18,19)/t7-,8+,9+/m0/s1. The fourth-order valence-electron chi connectivity index (χ4n) is 1.91. The number of hydrogen-bond acceptors (Lipinski definition) is 6. The van der Waals surface area contributed by atoms with Crippen molar-refractivity contribution in [2.75, 3.05) is 12.3 Å². The van der Waals surface area contributed by atoms with Gasteiger partial charge in [-0.15, -0.1) is 0 Å². The molecule has 0 aliphatic carbocycles. The number of aromatic nitrogens is 2. The van der Waals surface area contributed by atoms with Crippen LogP contribution in [0, 0.1) is 5.92 Å². The molecule has 0 bridgehead atoms. The van der Waals surface area contributed by atoms with Crippen LogP contribution in [0.1, 0.15) is 26.3 Å². The third kappa shape index (κ3) is 5.94. The van der Waals surface area contributed by atoms with Gasteiger partial charge >= 0.3 is 13.5 Å². The van der Waals surface area contributed by atoms with Crippen molar-refractivity contribution in [1.82, 2.24) is 9.55 Å². The summed E-state index contributed by atoms with van der Waals surface area (Å²) in [5.74, 6) is -0.206. The third-order valence-corrected chi connectivity index (χ3v) is 3.60. The maximum Gasteiger partial charge on any atom is 0.469 e. The average Bonchev–Trinajstić information content (AvgIpc) is 2.34. The van der Waals surface area contributed by atoms with Gasteiger partial charge in [0.05, 0.1) is 12.7 Å². The van der Waals surface area contributed by atoms with E-state index < -0.39 is 26.2 Å². The van der Waals surface area contributed by atoms with E-state index in [-0.39, 0.29) is 17.8 Å². The molecule has 0 fully saturated rings. The number of phosphoric ester groups is 1. The number of anilines is 1. The first-order chi connectivity index (χ1) is 9.60. The predicted molar refractivity (Wildman–Crippen MR) is 75.4 cm³/mol. The summed E-state index contributed by atoms with van der Waals surface area (Å²) in [6, 6.07) is 1.24. The Hall–Kier alpha value is -1.25. The van der Waals surface area contributed by atoms with Crippen molar-refractivity contribution >= 4 is 13.6 Å². The molecule has 3 atom stereocenters. The van der Waals surface area contributed by atoms with Gasteiger partial charge in [-0.2, -0.15) is 4.98 Å². The summed E-state index contributed by atoms with van der Waals surface area (Å²) in [6.45, 7) is 2.99. The number of rotatable bonds is 7. The second kappa shape index (κ2) is 7.15. The SMILES string of the molecule is C[C@H](C[C@H](C)[C@H](O)COP(=O)(O)O)n1ccc(N)nc1=O. The van der Waals surface area contributed by atoms with Crippen molar-refractivity contribution in [3.63, 3.8) is 0 Å². The quantitative estimate of drug-likeness (QED) is 0.508. The first-order valence-corrected chi connectivity index (χ1v) is 7.86. The number of aliphatic hydroxyl groups excluding tert-OH is 1. The highest BCUT2D eigenvalue weighted by Crippen LogP contribution is 2.36. The van der Waals surface area contributed by atoms with Crippen LogP contribution in [-0.2, 0) is 9.09 Å². The molecule has 1 heterocycles. The number of nitrogens with two attached hydrogens (primary N) is 1. The molecule has 0 aliphatic rings. The minimum Gasteiger partial charge on any atom is -0.390 e. The molecule has 1 aromatic rings. The average molecular weight is 321 g/mol. The van der Waals surface area contributed by atoms with Crippen LogP contribution in [0.2, 0.25) is 0 Å². The van der Waals surface area contributed by atoms with Crippen molar-refractivity contribution in [3.05, 3.63) is 22.7 Å². The molecular formula is C11H20N3O6P. The van der Waals surface area contributed by atoms with Crippen LogP contribution in [0.3, 0.4) is 0 Å². The van der Waals surface area contributed by atoms with E-state index in [0.717, 1.165) is 0 Å². The van der Waals surface area contributed by atoms with Crippen LogP contribution in [0.15, 0.2) is 17.1 Å². The minimum absolute atomic E-state index is 0.131. The topological polar surface area (TPSA) is 148 Å². The molecule has 0 radical (unpaired) electrons. The molecule has 1 aromatic heterocycles. The van der Waals surface area contributed by atoms with Gasteiger partial charge in [-0.25, -0.2) is 9.36 Å². The molecule has 120 valence electrons. The summed E-state index contributed by atoms with van der Waals surface area (Å²) >= 11 is 0. The summed E-state index contributed by atoms with van der Waals surface area (Å²) in [5.41, 5.74) is 4.91. The zero-order chi connectivity index (χ0) is 16.2. The largest absolute Gasteiger partial charge is 0.469 e. The molecule has 5 N–H and O–H groups in total. The second-order valence-electron chi connectivity index (χ2n) is 4.96. The Kier molecular flexibility index (Phi) is 6.06. The molecule has 0 saturated carbocycles. The first-order valence-electron chi connectivity index (χ1n) is 6.33. The van der Waals surface area contributed by atoms with Gasteiger partial charge in [-0.1, -0.05) is 6.92 Å². The van der Waals surface area contributed by atoms with E-state index in [1.54, 1.807) is 13.8 Å². The lowest BCUT2D eigenvalue weighted by Gasteiger charge is -2.23. The van der Waals surface area contributed by atoms with Crippen molar-refractivity contribution in [2.24, 2.45) is 5.92 Å². The van der Waals surface area contributed by atoms with Crippen molar-refractivity contribution < 1.29 is 24.0 Å². The molecule has 21 heavy (non-hydrogen) atoms. The van der Waals surface area contributed by atoms with E-state index in [4.69, 9.17) is 15.5 Å². The number of hydrogen-bond donors (Lipinski definition) is 4. The van der Waals surface area contributed by atoms with Gasteiger partial charge in [-0.05, 0) is 25.3 Å². The van der Waals surface area contributed by atoms with E-state index in [9.17, 15) is 14.5 Å². The monoisotopic (exact) mass is 321 g/mol. The summed E-state index contributed by atoms with van der Waals surface area (Å²) in [4.78, 5) is 32.4. The van der Waals surface area contributed by atoms with Crippen molar-refractivity contribution in [1.29, 1.82) is 0 Å². The second-order valence-corrected chi connectivity index (χ2v) is 6.20. The maximum absolute atomic E-state index is 11.7. The zero-order valence-corrected chi connectivity index (χ0v) is 12.7. The fourth-order valence-corrected chi connectivity index (χ4v) is 2.25. The van der Waals surface area contributed by atoms with E-state index in [0.29, 0.717) is 6.42 Å². The number of nitrogens with zero attached hydrogens (tertiary/aromatic N) is 2.